The minimum Gasteiger partial charge on any atom is -0.379 e. The first kappa shape index (κ1) is 22.0. The molecule has 166 valence electrons. The van der Waals surface area contributed by atoms with Crippen LogP contribution in [0.5, 0.6) is 5.75 Å². The first-order valence-electron chi connectivity index (χ1n) is 10.4. The summed E-state index contributed by atoms with van der Waals surface area (Å²) < 4.78 is 36.0. The number of carbonyl (C=O) groups is 1. The van der Waals surface area contributed by atoms with Crippen molar-refractivity contribution in [2.75, 3.05) is 13.2 Å². The molecule has 6 nitrogen and oxygen atoms in total. The van der Waals surface area contributed by atoms with Gasteiger partial charge in [-0.15, -0.1) is 0 Å². The fourth-order valence-corrected chi connectivity index (χ4v) is 4.62. The van der Waals surface area contributed by atoms with E-state index in [9.17, 15) is 13.2 Å². The molecule has 1 fully saturated rings. The molecule has 1 heterocycles. The Labute approximate surface area is 188 Å². The third-order valence-corrected chi connectivity index (χ3v) is 6.87. The Morgan fingerprint density at radius 2 is 1.62 bits per heavy atom. The Balaban J connectivity index is 1.46. The maximum Gasteiger partial charge on any atom is 0.339 e. The van der Waals surface area contributed by atoms with Crippen molar-refractivity contribution in [3.05, 3.63) is 95.6 Å². The summed E-state index contributed by atoms with van der Waals surface area (Å²) in [6, 6.07) is 23.0. The largest absolute Gasteiger partial charge is 0.379 e. The van der Waals surface area contributed by atoms with Crippen molar-refractivity contribution in [2.24, 2.45) is 0 Å². The maximum atomic E-state index is 12.5. The second kappa shape index (κ2) is 9.14. The number of amides is 1. The van der Waals surface area contributed by atoms with Crippen LogP contribution in [0.2, 0.25) is 0 Å². The predicted octanol–water partition coefficient (Wildman–Crippen LogP) is 4.42. The van der Waals surface area contributed by atoms with E-state index in [2.05, 4.69) is 0 Å². The van der Waals surface area contributed by atoms with E-state index in [0.29, 0.717) is 6.54 Å². The standard InChI is InChI=1S/C25H25NO5S/c1-18-8-14-23(15-9-18)32(28,29)31-22-12-10-21(11-13-22)24-16-26(25(27)17-30-24)19(2)20-6-4-3-5-7-20/h3-15,19,24H,16-17H2,1-2H3/t19-,24+/m1/s1. The van der Waals surface area contributed by atoms with Gasteiger partial charge in [-0.05, 0) is 49.2 Å². The Morgan fingerprint density at radius 1 is 0.969 bits per heavy atom. The van der Waals surface area contributed by atoms with Crippen molar-refractivity contribution in [3.8, 4) is 5.75 Å². The monoisotopic (exact) mass is 451 g/mol. The molecular formula is C25H25NO5S. The second-order valence-electron chi connectivity index (χ2n) is 7.85. The zero-order valence-electron chi connectivity index (χ0n) is 18.0. The first-order valence-corrected chi connectivity index (χ1v) is 11.8. The van der Waals surface area contributed by atoms with Gasteiger partial charge in [-0.3, -0.25) is 4.79 Å². The van der Waals surface area contributed by atoms with Crippen LogP contribution in [-0.2, 0) is 19.6 Å². The molecule has 0 radical (unpaired) electrons. The SMILES string of the molecule is Cc1ccc(S(=O)(=O)Oc2ccc([C@@H]3CN([C@H](C)c4ccccc4)C(=O)CO3)cc2)cc1. The number of ether oxygens (including phenoxy) is 1. The van der Waals surface area contributed by atoms with Gasteiger partial charge in [-0.1, -0.05) is 60.2 Å². The third kappa shape index (κ3) is 4.84. The quantitative estimate of drug-likeness (QED) is 0.519. The van der Waals surface area contributed by atoms with Crippen molar-refractivity contribution in [3.63, 3.8) is 0 Å². The molecule has 0 saturated carbocycles. The Kier molecular flexibility index (Phi) is 6.30. The summed E-state index contributed by atoms with van der Waals surface area (Å²) in [4.78, 5) is 14.4. The van der Waals surface area contributed by atoms with Crippen LogP contribution in [0.25, 0.3) is 0 Å². The van der Waals surface area contributed by atoms with Gasteiger partial charge in [0.2, 0.25) is 5.91 Å². The fraction of sp³-hybridized carbons (Fsp3) is 0.240. The highest BCUT2D eigenvalue weighted by molar-refractivity contribution is 7.87. The van der Waals surface area contributed by atoms with E-state index in [4.69, 9.17) is 8.92 Å². The van der Waals surface area contributed by atoms with Crippen LogP contribution in [0.4, 0.5) is 0 Å². The molecule has 1 aliphatic heterocycles. The molecule has 0 N–H and O–H groups in total. The predicted molar refractivity (Wildman–Crippen MR) is 121 cm³/mol. The molecule has 4 rings (SSSR count). The molecular weight excluding hydrogens is 426 g/mol. The molecule has 2 atom stereocenters. The van der Waals surface area contributed by atoms with Crippen LogP contribution in [0.1, 0.15) is 35.8 Å². The number of morpholine rings is 1. The molecule has 0 aromatic heterocycles. The average molecular weight is 452 g/mol. The van der Waals surface area contributed by atoms with Gasteiger partial charge in [0.1, 0.15) is 23.4 Å². The van der Waals surface area contributed by atoms with Crippen molar-refractivity contribution in [2.45, 2.75) is 30.9 Å². The van der Waals surface area contributed by atoms with E-state index in [0.717, 1.165) is 16.7 Å². The van der Waals surface area contributed by atoms with Gasteiger partial charge in [0.15, 0.2) is 0 Å². The van der Waals surface area contributed by atoms with E-state index in [1.54, 1.807) is 36.4 Å². The smallest absolute Gasteiger partial charge is 0.339 e. The minimum absolute atomic E-state index is 0.00188. The molecule has 32 heavy (non-hydrogen) atoms. The van der Waals surface area contributed by atoms with Crippen LogP contribution in [0, 0.1) is 6.92 Å². The first-order chi connectivity index (χ1) is 15.3. The number of benzene rings is 3. The lowest BCUT2D eigenvalue weighted by Crippen LogP contribution is -2.44. The van der Waals surface area contributed by atoms with Gasteiger partial charge >= 0.3 is 10.1 Å². The number of rotatable bonds is 6. The van der Waals surface area contributed by atoms with Gasteiger partial charge in [0, 0.05) is 0 Å². The highest BCUT2D eigenvalue weighted by Gasteiger charge is 2.31. The maximum absolute atomic E-state index is 12.5. The Bertz CT molecular complexity index is 1180. The van der Waals surface area contributed by atoms with E-state index in [1.807, 2.05) is 49.1 Å². The van der Waals surface area contributed by atoms with E-state index >= 15 is 0 Å². The van der Waals surface area contributed by atoms with Crippen LogP contribution in [0.3, 0.4) is 0 Å². The van der Waals surface area contributed by atoms with Gasteiger partial charge in [-0.25, -0.2) is 0 Å². The lowest BCUT2D eigenvalue weighted by Gasteiger charge is -2.37. The third-order valence-electron chi connectivity index (χ3n) is 5.61. The number of hydrogen-bond donors (Lipinski definition) is 0. The summed E-state index contributed by atoms with van der Waals surface area (Å²) in [5, 5.41) is 0. The summed E-state index contributed by atoms with van der Waals surface area (Å²) in [6.07, 6.45) is -0.304. The van der Waals surface area contributed by atoms with Crippen molar-refractivity contribution in [1.29, 1.82) is 0 Å². The highest BCUT2D eigenvalue weighted by atomic mass is 32.2. The van der Waals surface area contributed by atoms with Gasteiger partial charge in [-0.2, -0.15) is 8.42 Å². The topological polar surface area (TPSA) is 72.9 Å². The van der Waals surface area contributed by atoms with Crippen LogP contribution < -0.4 is 4.18 Å². The average Bonchev–Trinajstić information content (AvgIpc) is 2.80. The van der Waals surface area contributed by atoms with Crippen LogP contribution in [0.15, 0.2) is 83.8 Å². The summed E-state index contributed by atoms with van der Waals surface area (Å²) in [5.74, 6) is 0.164. The molecule has 0 aliphatic carbocycles. The molecule has 1 amide bonds. The second-order valence-corrected chi connectivity index (χ2v) is 9.40. The zero-order chi connectivity index (χ0) is 22.7. The molecule has 0 spiro atoms. The van der Waals surface area contributed by atoms with Crippen molar-refractivity contribution in [1.82, 2.24) is 4.90 Å². The fourth-order valence-electron chi connectivity index (χ4n) is 3.69. The molecule has 1 aliphatic rings. The van der Waals surface area contributed by atoms with E-state index in [-0.39, 0.29) is 35.3 Å². The molecule has 0 unspecified atom stereocenters. The summed E-state index contributed by atoms with van der Waals surface area (Å²) in [5.41, 5.74) is 2.88. The number of hydrogen-bond acceptors (Lipinski definition) is 5. The van der Waals surface area contributed by atoms with E-state index in [1.165, 1.54) is 12.1 Å². The molecule has 0 bridgehead atoms. The minimum atomic E-state index is -3.91. The van der Waals surface area contributed by atoms with Crippen molar-refractivity contribution >= 4 is 16.0 Å². The van der Waals surface area contributed by atoms with Crippen LogP contribution >= 0.6 is 0 Å². The van der Waals surface area contributed by atoms with Crippen LogP contribution in [-0.4, -0.2) is 32.4 Å². The van der Waals surface area contributed by atoms with Gasteiger partial charge in [0.05, 0.1) is 12.6 Å². The summed E-state index contributed by atoms with van der Waals surface area (Å²) in [7, 11) is -3.91. The molecule has 3 aromatic carbocycles. The highest BCUT2D eigenvalue weighted by Crippen LogP contribution is 2.30. The Morgan fingerprint density at radius 3 is 2.28 bits per heavy atom. The van der Waals surface area contributed by atoms with E-state index < -0.39 is 10.1 Å². The lowest BCUT2D eigenvalue weighted by atomic mass is 10.0. The van der Waals surface area contributed by atoms with Gasteiger partial charge in [0.25, 0.3) is 0 Å². The lowest BCUT2D eigenvalue weighted by molar-refractivity contribution is -0.152. The Hall–Kier alpha value is -3.16. The number of carbonyl (C=O) groups excluding carboxylic acids is 1. The number of aryl methyl sites for hydroxylation is 1. The molecule has 3 aromatic rings. The van der Waals surface area contributed by atoms with Gasteiger partial charge < -0.3 is 13.8 Å². The number of nitrogens with zero attached hydrogens (tertiary/aromatic N) is 1. The zero-order valence-corrected chi connectivity index (χ0v) is 18.8. The normalized spacial score (nSPS) is 17.8. The van der Waals surface area contributed by atoms with Crippen molar-refractivity contribution < 1.29 is 22.1 Å². The molecule has 1 saturated heterocycles. The summed E-state index contributed by atoms with van der Waals surface area (Å²) in [6.45, 7) is 4.31. The summed E-state index contributed by atoms with van der Waals surface area (Å²) >= 11 is 0. The molecule has 7 heteroatoms.